The van der Waals surface area contributed by atoms with E-state index in [1.54, 1.807) is 55.5 Å². The Morgan fingerprint density at radius 3 is 2.53 bits per heavy atom. The van der Waals surface area contributed by atoms with Crippen molar-refractivity contribution in [3.8, 4) is 5.75 Å². The number of para-hydroxylation sites is 1. The van der Waals surface area contributed by atoms with Crippen molar-refractivity contribution in [2.24, 2.45) is 11.0 Å². The first kappa shape index (κ1) is 21.4. The van der Waals surface area contributed by atoms with Gasteiger partial charge >= 0.3 is 0 Å². The molecule has 1 fully saturated rings. The number of hydrazone groups is 1. The molecule has 2 aromatic carbocycles. The smallest absolute Gasteiger partial charge is 0.269 e. The van der Waals surface area contributed by atoms with Gasteiger partial charge in [-0.15, -0.1) is 0 Å². The van der Waals surface area contributed by atoms with E-state index in [1.165, 1.54) is 16.0 Å². The van der Waals surface area contributed by atoms with Crippen LogP contribution >= 0.6 is 12.2 Å². The summed E-state index contributed by atoms with van der Waals surface area (Å²) in [7, 11) is 0. The number of amides is 3. The van der Waals surface area contributed by atoms with Gasteiger partial charge in [0.2, 0.25) is 0 Å². The van der Waals surface area contributed by atoms with E-state index in [0.29, 0.717) is 29.4 Å². The number of benzene rings is 2. The van der Waals surface area contributed by atoms with Crippen LogP contribution in [-0.2, 0) is 14.4 Å². The number of thiocarbonyl (C=S) groups is 1. The van der Waals surface area contributed by atoms with Crippen molar-refractivity contribution in [1.29, 1.82) is 0 Å². The minimum atomic E-state index is -0.844. The zero-order chi connectivity index (χ0) is 22.8. The number of rotatable bonds is 5. The lowest BCUT2D eigenvalue weighted by Gasteiger charge is -2.29. The van der Waals surface area contributed by atoms with Gasteiger partial charge in [-0.25, -0.2) is 0 Å². The van der Waals surface area contributed by atoms with Crippen LogP contribution < -0.4 is 20.0 Å². The van der Waals surface area contributed by atoms with Gasteiger partial charge in [0, 0.05) is 6.07 Å². The molecule has 32 heavy (non-hydrogen) atoms. The molecule has 2 aromatic rings. The molecular formula is C23H20N4O4S. The molecule has 4 rings (SSSR count). The first-order valence-corrected chi connectivity index (χ1v) is 10.4. The summed E-state index contributed by atoms with van der Waals surface area (Å²) in [5.41, 5.74) is 1.35. The van der Waals surface area contributed by atoms with E-state index < -0.39 is 17.7 Å². The van der Waals surface area contributed by atoms with E-state index in [0.717, 1.165) is 0 Å². The maximum Gasteiger partial charge on any atom is 0.269 e. The van der Waals surface area contributed by atoms with Crippen LogP contribution in [-0.4, -0.2) is 35.2 Å². The molecule has 1 atom stereocenters. The second kappa shape index (κ2) is 8.72. The second-order valence-corrected chi connectivity index (χ2v) is 7.50. The molecule has 2 aliphatic heterocycles. The number of ether oxygens (including phenoxy) is 1. The predicted octanol–water partition coefficient (Wildman–Crippen LogP) is 2.80. The molecule has 0 saturated carbocycles. The van der Waals surface area contributed by atoms with Gasteiger partial charge in [-0.05, 0) is 56.4 Å². The third-order valence-corrected chi connectivity index (χ3v) is 5.29. The Morgan fingerprint density at radius 1 is 1.09 bits per heavy atom. The van der Waals surface area contributed by atoms with E-state index in [4.69, 9.17) is 17.0 Å². The summed E-state index contributed by atoms with van der Waals surface area (Å²) in [5.74, 6) is -1.90. The lowest BCUT2D eigenvalue weighted by Crippen LogP contribution is -2.54. The summed E-state index contributed by atoms with van der Waals surface area (Å²) in [5, 5.41) is 8.08. The van der Waals surface area contributed by atoms with Crippen molar-refractivity contribution in [3.05, 3.63) is 66.2 Å². The first-order valence-electron chi connectivity index (χ1n) is 9.99. The summed E-state index contributed by atoms with van der Waals surface area (Å²) in [6, 6.07) is 15.8. The van der Waals surface area contributed by atoms with Gasteiger partial charge in [-0.3, -0.25) is 24.6 Å². The zero-order valence-electron chi connectivity index (χ0n) is 17.4. The minimum absolute atomic E-state index is 0.0418. The molecule has 0 aromatic heterocycles. The van der Waals surface area contributed by atoms with Crippen molar-refractivity contribution in [2.45, 2.75) is 13.8 Å². The molecule has 1 N–H and O–H groups in total. The summed E-state index contributed by atoms with van der Waals surface area (Å²) < 4.78 is 5.50. The number of anilines is 2. The van der Waals surface area contributed by atoms with Crippen molar-refractivity contribution in [3.63, 3.8) is 0 Å². The first-order chi connectivity index (χ1) is 15.4. The third kappa shape index (κ3) is 3.90. The lowest BCUT2D eigenvalue weighted by molar-refractivity contribution is -0.122. The normalized spacial score (nSPS) is 20.0. The Bertz CT molecular complexity index is 1180. The fourth-order valence-electron chi connectivity index (χ4n) is 3.48. The highest BCUT2D eigenvalue weighted by atomic mass is 32.1. The fourth-order valence-corrected chi connectivity index (χ4v) is 3.76. The van der Waals surface area contributed by atoms with Gasteiger partial charge in [0.25, 0.3) is 17.7 Å². The molecule has 1 saturated heterocycles. The molecule has 0 spiro atoms. The molecular weight excluding hydrogens is 428 g/mol. The summed E-state index contributed by atoms with van der Waals surface area (Å²) in [6.45, 7) is 4.00. The van der Waals surface area contributed by atoms with Crippen LogP contribution in [0.1, 0.15) is 13.8 Å². The van der Waals surface area contributed by atoms with Crippen LogP contribution in [0.3, 0.4) is 0 Å². The topological polar surface area (TPSA) is 91.3 Å². The molecule has 3 amide bonds. The SMILES string of the molecule is CCOc1cccc(N2C(=O)/C(=C\C3C(=O)N(c4ccccc4)N=C3C)C(=O)NC2=S)c1. The van der Waals surface area contributed by atoms with E-state index in [-0.39, 0.29) is 16.6 Å². The van der Waals surface area contributed by atoms with Crippen LogP contribution in [0.15, 0.2) is 71.3 Å². The quantitative estimate of drug-likeness (QED) is 0.432. The third-order valence-electron chi connectivity index (χ3n) is 5.01. The monoisotopic (exact) mass is 448 g/mol. The Morgan fingerprint density at radius 2 is 1.81 bits per heavy atom. The maximum atomic E-state index is 13.3. The number of nitrogens with one attached hydrogen (secondary N) is 1. The zero-order valence-corrected chi connectivity index (χ0v) is 18.3. The van der Waals surface area contributed by atoms with E-state index in [2.05, 4.69) is 10.4 Å². The largest absolute Gasteiger partial charge is 0.494 e. The molecule has 2 heterocycles. The molecule has 2 aliphatic rings. The number of carbonyl (C=O) groups is 3. The van der Waals surface area contributed by atoms with Crippen molar-refractivity contribution in [2.75, 3.05) is 16.5 Å². The van der Waals surface area contributed by atoms with E-state index >= 15 is 0 Å². The molecule has 0 aliphatic carbocycles. The van der Waals surface area contributed by atoms with Gasteiger partial charge in [0.1, 0.15) is 11.3 Å². The Labute approximate surface area is 190 Å². The average Bonchev–Trinajstić information content (AvgIpc) is 3.05. The lowest BCUT2D eigenvalue weighted by atomic mass is 9.98. The van der Waals surface area contributed by atoms with Crippen LogP contribution in [0.25, 0.3) is 0 Å². The van der Waals surface area contributed by atoms with Crippen molar-refractivity contribution in [1.82, 2.24) is 5.32 Å². The van der Waals surface area contributed by atoms with Crippen molar-refractivity contribution >= 4 is 52.1 Å². The number of hydrogen-bond acceptors (Lipinski definition) is 6. The summed E-state index contributed by atoms with van der Waals surface area (Å²) in [6.07, 6.45) is 1.35. The Hall–Kier alpha value is -3.85. The van der Waals surface area contributed by atoms with Gasteiger partial charge in [0.15, 0.2) is 5.11 Å². The van der Waals surface area contributed by atoms with Crippen LogP contribution in [0.4, 0.5) is 11.4 Å². The molecule has 0 radical (unpaired) electrons. The highest BCUT2D eigenvalue weighted by Crippen LogP contribution is 2.28. The fraction of sp³-hybridized carbons (Fsp3) is 0.174. The summed E-state index contributed by atoms with van der Waals surface area (Å²) in [4.78, 5) is 40.1. The number of carbonyl (C=O) groups excluding carboxylic acids is 3. The van der Waals surface area contributed by atoms with Gasteiger partial charge in [-0.2, -0.15) is 10.1 Å². The highest BCUT2D eigenvalue weighted by molar-refractivity contribution is 7.80. The summed E-state index contributed by atoms with van der Waals surface area (Å²) >= 11 is 5.24. The van der Waals surface area contributed by atoms with Crippen LogP contribution in [0.5, 0.6) is 5.75 Å². The molecule has 8 nitrogen and oxygen atoms in total. The van der Waals surface area contributed by atoms with E-state index in [1.807, 2.05) is 13.0 Å². The van der Waals surface area contributed by atoms with Gasteiger partial charge in [-0.1, -0.05) is 24.3 Å². The van der Waals surface area contributed by atoms with Gasteiger partial charge < -0.3 is 4.74 Å². The molecule has 162 valence electrons. The Balaban J connectivity index is 1.66. The maximum absolute atomic E-state index is 13.3. The van der Waals surface area contributed by atoms with E-state index in [9.17, 15) is 14.4 Å². The second-order valence-electron chi connectivity index (χ2n) is 7.12. The van der Waals surface area contributed by atoms with Gasteiger partial charge in [0.05, 0.1) is 29.6 Å². The van der Waals surface area contributed by atoms with Crippen LogP contribution in [0.2, 0.25) is 0 Å². The predicted molar refractivity (Wildman–Crippen MR) is 124 cm³/mol. The minimum Gasteiger partial charge on any atom is -0.494 e. The standard InChI is InChI=1S/C23H20N4O4S/c1-3-31-17-11-7-10-16(12-17)26-21(29)19(20(28)24-23(26)32)13-18-14(2)25-27(22(18)30)15-8-5-4-6-9-15/h4-13,18H,3H2,1-2H3,(H,24,28,32)/b19-13-. The van der Waals surface area contributed by atoms with Crippen molar-refractivity contribution < 1.29 is 19.1 Å². The Kier molecular flexibility index (Phi) is 5.83. The average molecular weight is 449 g/mol. The number of nitrogens with zero attached hydrogens (tertiary/aromatic N) is 3. The number of hydrogen-bond donors (Lipinski definition) is 1. The van der Waals surface area contributed by atoms with Crippen LogP contribution in [0, 0.1) is 5.92 Å². The molecule has 0 bridgehead atoms. The highest BCUT2D eigenvalue weighted by Gasteiger charge is 2.39. The molecule has 9 heteroatoms. The molecule has 1 unspecified atom stereocenters.